The fourth-order valence-electron chi connectivity index (χ4n) is 7.92. The number of aliphatic hydroxyl groups is 2. The minimum absolute atomic E-state index is 0.146. The first-order valence-electron chi connectivity index (χ1n) is 12.2. The number of aliphatic hydroxyl groups excluding tert-OH is 1. The van der Waals surface area contributed by atoms with Crippen LogP contribution >= 0.6 is 0 Å². The van der Waals surface area contributed by atoms with E-state index in [0.717, 1.165) is 30.3 Å². The lowest BCUT2D eigenvalue weighted by Gasteiger charge is -2.56. The number of rotatable bonds is 1. The van der Waals surface area contributed by atoms with Gasteiger partial charge in [0.15, 0.2) is 5.58 Å². The first-order valence-corrected chi connectivity index (χ1v) is 12.2. The van der Waals surface area contributed by atoms with Crippen molar-refractivity contribution >= 4 is 22.7 Å². The number of hydrogen-bond donors (Lipinski definition) is 3. The van der Waals surface area contributed by atoms with Gasteiger partial charge in [0.05, 0.1) is 6.10 Å². The van der Waals surface area contributed by atoms with E-state index in [2.05, 4.69) is 18.0 Å². The van der Waals surface area contributed by atoms with Gasteiger partial charge in [0, 0.05) is 5.92 Å². The van der Waals surface area contributed by atoms with E-state index >= 15 is 4.39 Å². The van der Waals surface area contributed by atoms with E-state index in [0.29, 0.717) is 50.0 Å². The Labute approximate surface area is 187 Å². The molecule has 0 radical (unpaired) electrons. The Morgan fingerprint density at radius 3 is 2.84 bits per heavy atom. The van der Waals surface area contributed by atoms with E-state index in [1.54, 1.807) is 0 Å². The summed E-state index contributed by atoms with van der Waals surface area (Å²) in [6.07, 6.45) is 7.84. The molecule has 6 heteroatoms. The van der Waals surface area contributed by atoms with E-state index < -0.39 is 11.3 Å². The maximum Gasteiger partial charge on any atom is 0.292 e. The first-order chi connectivity index (χ1) is 15.2. The summed E-state index contributed by atoms with van der Waals surface area (Å²) in [5.74, 6) is 0.448. The fraction of sp³-hybridized carbons (Fsp3) is 0.654. The number of anilines is 1. The largest absolute Gasteiger partial charge is 0.424 e. The number of aromatic nitrogens is 1. The Morgan fingerprint density at radius 1 is 1.16 bits per heavy atom. The summed E-state index contributed by atoms with van der Waals surface area (Å²) >= 11 is 0. The van der Waals surface area contributed by atoms with Crippen molar-refractivity contribution in [2.24, 2.45) is 23.2 Å². The Bertz CT molecular complexity index is 1100. The number of alkyl halides is 1. The summed E-state index contributed by atoms with van der Waals surface area (Å²) in [5.41, 5.74) is 6.13. The van der Waals surface area contributed by atoms with Crippen molar-refractivity contribution in [3.63, 3.8) is 0 Å². The monoisotopic (exact) mass is 440 g/mol. The number of hydrogen-bond acceptors (Lipinski definition) is 5. The predicted molar refractivity (Wildman–Crippen MR) is 121 cm³/mol. The molecule has 0 amide bonds. The van der Waals surface area contributed by atoms with E-state index in [1.807, 2.05) is 18.2 Å². The highest BCUT2D eigenvalue weighted by Gasteiger charge is 2.66. The Morgan fingerprint density at radius 2 is 2.00 bits per heavy atom. The standard InChI is InChI=1S/C26H33FN2O3/c1-24-10-11-25(27)14-17-12-18(30)4-2-15(17)8-9-26(25,31)22(24)7-5-19(24)16-3-6-21-20(13-16)29-23(28)32-21/h3,5-6,13,15,17-18,22,30-31H,2,4,7-12,14H2,1H3,(H2,28,29)/t15?,17?,18?,22?,24?,25?,26-/m0/s1. The molecule has 1 aromatic carbocycles. The molecule has 2 aromatic rings. The number of allylic oxidation sites excluding steroid dienone is 2. The highest BCUT2D eigenvalue weighted by Crippen LogP contribution is 2.66. The van der Waals surface area contributed by atoms with Crippen LogP contribution in [0, 0.1) is 23.2 Å². The molecule has 0 aliphatic heterocycles. The number of fused-ring (bicyclic) bond motifs is 5. The molecule has 1 heterocycles. The maximum absolute atomic E-state index is 16.7. The van der Waals surface area contributed by atoms with Crippen molar-refractivity contribution in [3.8, 4) is 0 Å². The van der Waals surface area contributed by atoms with Gasteiger partial charge in [0.2, 0.25) is 0 Å². The van der Waals surface area contributed by atoms with Crippen LogP contribution in [0.3, 0.4) is 0 Å². The molecule has 0 saturated heterocycles. The third-order valence-electron chi connectivity index (χ3n) is 9.64. The van der Waals surface area contributed by atoms with Gasteiger partial charge in [0.1, 0.15) is 16.8 Å². The lowest BCUT2D eigenvalue weighted by Crippen LogP contribution is -2.62. The number of benzene rings is 1. The lowest BCUT2D eigenvalue weighted by atomic mass is 9.53. The molecule has 0 spiro atoms. The molecule has 6 unspecified atom stereocenters. The number of nitrogens with zero attached hydrogens (tertiary/aromatic N) is 1. The van der Waals surface area contributed by atoms with Crippen LogP contribution in [-0.4, -0.2) is 32.6 Å². The van der Waals surface area contributed by atoms with Crippen LogP contribution in [0.15, 0.2) is 28.7 Å². The fourth-order valence-corrected chi connectivity index (χ4v) is 7.92. The summed E-state index contributed by atoms with van der Waals surface area (Å²) in [7, 11) is 0. The van der Waals surface area contributed by atoms with Gasteiger partial charge in [-0.15, -0.1) is 0 Å². The minimum atomic E-state index is -1.58. The second-order valence-electron chi connectivity index (χ2n) is 11.2. The highest BCUT2D eigenvalue weighted by molar-refractivity contribution is 5.82. The average molecular weight is 441 g/mol. The van der Waals surface area contributed by atoms with Gasteiger partial charge in [-0.1, -0.05) is 19.1 Å². The summed E-state index contributed by atoms with van der Waals surface area (Å²) in [6, 6.07) is 6.07. The number of nitrogens with two attached hydrogens (primary N) is 1. The quantitative estimate of drug-likeness (QED) is 0.579. The third kappa shape index (κ3) is 2.78. The van der Waals surface area contributed by atoms with Crippen molar-refractivity contribution in [3.05, 3.63) is 29.8 Å². The van der Waals surface area contributed by atoms with Crippen LogP contribution in [0.5, 0.6) is 0 Å². The molecule has 6 rings (SSSR count). The maximum atomic E-state index is 16.7. The van der Waals surface area contributed by atoms with Gasteiger partial charge in [-0.3, -0.25) is 0 Å². The molecule has 0 bridgehead atoms. The van der Waals surface area contributed by atoms with Crippen LogP contribution in [0.2, 0.25) is 0 Å². The summed E-state index contributed by atoms with van der Waals surface area (Å²) < 4.78 is 22.1. The van der Waals surface area contributed by atoms with E-state index in [9.17, 15) is 10.2 Å². The Balaban J connectivity index is 1.35. The number of nitrogen functional groups attached to an aromatic ring is 1. The van der Waals surface area contributed by atoms with Crippen molar-refractivity contribution in [1.82, 2.24) is 4.98 Å². The van der Waals surface area contributed by atoms with Gasteiger partial charge < -0.3 is 20.4 Å². The second-order valence-corrected chi connectivity index (χ2v) is 11.2. The van der Waals surface area contributed by atoms with Crippen molar-refractivity contribution in [2.75, 3.05) is 5.73 Å². The summed E-state index contributed by atoms with van der Waals surface area (Å²) in [5, 5.41) is 22.3. The molecule has 4 aliphatic carbocycles. The third-order valence-corrected chi connectivity index (χ3v) is 9.64. The molecule has 4 N–H and O–H groups in total. The molecule has 4 aliphatic rings. The highest BCUT2D eigenvalue weighted by atomic mass is 19.1. The SMILES string of the molecule is CC12CCC3(F)CC4CC(O)CCC4CC[C@]3(O)C1CC=C2c1ccc2oc(N)nc2c1. The zero-order valence-electron chi connectivity index (χ0n) is 18.7. The van der Waals surface area contributed by atoms with Crippen LogP contribution in [0.1, 0.15) is 70.3 Å². The van der Waals surface area contributed by atoms with E-state index in [4.69, 9.17) is 10.2 Å². The van der Waals surface area contributed by atoms with E-state index in [-0.39, 0.29) is 29.4 Å². The molecule has 32 heavy (non-hydrogen) atoms. The second kappa shape index (κ2) is 6.80. The molecule has 3 fully saturated rings. The molecule has 3 saturated carbocycles. The zero-order valence-corrected chi connectivity index (χ0v) is 18.7. The normalized spacial score (nSPS) is 43.8. The van der Waals surface area contributed by atoms with Gasteiger partial charge >= 0.3 is 0 Å². The van der Waals surface area contributed by atoms with Crippen LogP contribution in [-0.2, 0) is 0 Å². The topological polar surface area (TPSA) is 92.5 Å². The number of halogens is 1. The van der Waals surface area contributed by atoms with Crippen molar-refractivity contribution in [1.29, 1.82) is 0 Å². The Hall–Kier alpha value is -1.92. The van der Waals surface area contributed by atoms with E-state index in [1.165, 1.54) is 5.57 Å². The van der Waals surface area contributed by atoms with Crippen molar-refractivity contribution < 1.29 is 19.0 Å². The molecule has 1 aromatic heterocycles. The van der Waals surface area contributed by atoms with Gasteiger partial charge in [0.25, 0.3) is 6.01 Å². The van der Waals surface area contributed by atoms with Crippen LogP contribution in [0.4, 0.5) is 10.4 Å². The van der Waals surface area contributed by atoms with Crippen molar-refractivity contribution in [2.45, 2.75) is 82.1 Å². The molecule has 7 atom stereocenters. The first kappa shape index (κ1) is 20.7. The average Bonchev–Trinajstić information content (AvgIpc) is 3.26. The van der Waals surface area contributed by atoms with Gasteiger partial charge in [-0.2, -0.15) is 4.98 Å². The molecular formula is C26H33FN2O3. The molecule has 5 nitrogen and oxygen atoms in total. The predicted octanol–water partition coefficient (Wildman–Crippen LogP) is 5.01. The lowest BCUT2D eigenvalue weighted by molar-refractivity contribution is -0.195. The molecular weight excluding hydrogens is 407 g/mol. The smallest absolute Gasteiger partial charge is 0.292 e. The van der Waals surface area contributed by atoms with Crippen LogP contribution in [0.25, 0.3) is 16.7 Å². The molecule has 172 valence electrons. The van der Waals surface area contributed by atoms with Gasteiger partial charge in [-0.25, -0.2) is 4.39 Å². The Kier molecular flexibility index (Phi) is 4.39. The zero-order chi connectivity index (χ0) is 22.3. The summed E-state index contributed by atoms with van der Waals surface area (Å²) in [6.45, 7) is 2.21. The van der Waals surface area contributed by atoms with Gasteiger partial charge in [-0.05, 0) is 98.3 Å². The minimum Gasteiger partial charge on any atom is -0.424 e. The van der Waals surface area contributed by atoms with Crippen LogP contribution < -0.4 is 5.73 Å². The summed E-state index contributed by atoms with van der Waals surface area (Å²) in [4.78, 5) is 4.28. The number of oxazole rings is 1.